The molecule has 1 atom stereocenters. The molecule has 12 heavy (non-hydrogen) atoms. The van der Waals surface area contributed by atoms with Crippen LogP contribution in [0, 0.1) is 0 Å². The molecule has 2 N–H and O–H groups in total. The second-order valence-corrected chi connectivity index (χ2v) is 2.68. The van der Waals surface area contributed by atoms with Gasteiger partial charge in [-0.2, -0.15) is 0 Å². The van der Waals surface area contributed by atoms with Crippen LogP contribution in [0.1, 0.15) is 19.3 Å². The van der Waals surface area contributed by atoms with Crippen LogP contribution in [0.4, 0.5) is 0 Å². The second kappa shape index (κ2) is 8.93. The first-order valence-electron chi connectivity index (χ1n) is 4.26. The van der Waals surface area contributed by atoms with Crippen LogP contribution in [0.25, 0.3) is 0 Å². The summed E-state index contributed by atoms with van der Waals surface area (Å²) in [6, 6.07) is 0. The van der Waals surface area contributed by atoms with Crippen LogP contribution in [0.2, 0.25) is 0 Å². The van der Waals surface area contributed by atoms with Gasteiger partial charge in [0.2, 0.25) is 0 Å². The molecule has 4 nitrogen and oxygen atoms in total. The average molecular weight is 177 g/mol. The summed E-state index contributed by atoms with van der Waals surface area (Å²) in [6.07, 6.45) is 1.63. The van der Waals surface area contributed by atoms with E-state index in [-0.39, 0.29) is 19.8 Å². The van der Waals surface area contributed by atoms with Crippen molar-refractivity contribution < 1.29 is 20.1 Å². The summed E-state index contributed by atoms with van der Waals surface area (Å²) in [5, 5.41) is 27.2. The predicted molar refractivity (Wildman–Crippen MR) is 43.3 cm³/mol. The summed E-state index contributed by atoms with van der Waals surface area (Å²) in [4.78, 5) is 0. The SMILES string of the molecule is [O]CCCCCOCC(O)CO. The van der Waals surface area contributed by atoms with Gasteiger partial charge in [0.15, 0.2) is 0 Å². The molecule has 0 spiro atoms. The van der Waals surface area contributed by atoms with Crippen LogP contribution < -0.4 is 0 Å². The molecule has 0 aliphatic carbocycles. The predicted octanol–water partition coefficient (Wildman–Crippen LogP) is -0.0430. The first kappa shape index (κ1) is 11.8. The van der Waals surface area contributed by atoms with Crippen LogP contribution in [-0.2, 0) is 9.84 Å². The van der Waals surface area contributed by atoms with Crippen molar-refractivity contribution in [1.29, 1.82) is 0 Å². The maximum Gasteiger partial charge on any atom is 0.100 e. The standard InChI is InChI=1S/C8H17O4/c9-4-2-1-3-5-12-7-8(11)6-10/h8,10-11H,1-7H2. The molecular weight excluding hydrogens is 160 g/mol. The summed E-state index contributed by atoms with van der Waals surface area (Å²) >= 11 is 0. The molecule has 0 amide bonds. The van der Waals surface area contributed by atoms with Gasteiger partial charge >= 0.3 is 0 Å². The molecule has 0 rings (SSSR count). The lowest BCUT2D eigenvalue weighted by molar-refractivity contribution is 0.00497. The van der Waals surface area contributed by atoms with Crippen LogP contribution in [-0.4, -0.2) is 42.7 Å². The van der Waals surface area contributed by atoms with E-state index in [4.69, 9.17) is 14.9 Å². The van der Waals surface area contributed by atoms with Crippen molar-refractivity contribution in [3.8, 4) is 0 Å². The van der Waals surface area contributed by atoms with Gasteiger partial charge in [-0.3, -0.25) is 0 Å². The Kier molecular flexibility index (Phi) is 8.81. The second-order valence-electron chi connectivity index (χ2n) is 2.68. The number of aliphatic hydroxyl groups is 2. The largest absolute Gasteiger partial charge is 0.394 e. The Labute approximate surface area is 72.8 Å². The van der Waals surface area contributed by atoms with Crippen molar-refractivity contribution in [2.45, 2.75) is 25.4 Å². The molecule has 0 saturated heterocycles. The van der Waals surface area contributed by atoms with E-state index in [0.717, 1.165) is 12.8 Å². The summed E-state index contributed by atoms with van der Waals surface area (Å²) in [5.41, 5.74) is 0. The number of hydrogen-bond acceptors (Lipinski definition) is 3. The smallest absolute Gasteiger partial charge is 0.100 e. The molecule has 0 aromatic rings. The van der Waals surface area contributed by atoms with Crippen LogP contribution >= 0.6 is 0 Å². The number of hydrogen-bond donors (Lipinski definition) is 2. The topological polar surface area (TPSA) is 69.6 Å². The van der Waals surface area contributed by atoms with Gasteiger partial charge in [0.1, 0.15) is 6.10 Å². The van der Waals surface area contributed by atoms with Crippen LogP contribution in [0.15, 0.2) is 0 Å². The zero-order valence-corrected chi connectivity index (χ0v) is 7.24. The van der Waals surface area contributed by atoms with Gasteiger partial charge in [0.25, 0.3) is 0 Å². The van der Waals surface area contributed by atoms with E-state index >= 15 is 0 Å². The molecule has 4 heteroatoms. The summed E-state index contributed by atoms with van der Waals surface area (Å²) in [7, 11) is 0. The van der Waals surface area contributed by atoms with Crippen molar-refractivity contribution in [1.82, 2.24) is 0 Å². The lowest BCUT2D eigenvalue weighted by atomic mass is 10.2. The molecule has 0 bridgehead atoms. The fraction of sp³-hybridized carbons (Fsp3) is 1.00. The third-order valence-corrected chi connectivity index (χ3v) is 1.45. The van der Waals surface area contributed by atoms with Crippen molar-refractivity contribution in [2.75, 3.05) is 26.4 Å². The minimum atomic E-state index is -0.774. The lowest BCUT2D eigenvalue weighted by Gasteiger charge is -2.07. The van der Waals surface area contributed by atoms with Crippen molar-refractivity contribution in [3.05, 3.63) is 0 Å². The highest BCUT2D eigenvalue weighted by Gasteiger charge is 2.00. The summed E-state index contributed by atoms with van der Waals surface area (Å²) in [6.45, 7) is 0.435. The molecule has 0 aliphatic heterocycles. The molecule has 0 fully saturated rings. The molecule has 0 saturated carbocycles. The maximum absolute atomic E-state index is 10.0. The highest BCUT2D eigenvalue weighted by Crippen LogP contribution is 1.95. The first-order valence-corrected chi connectivity index (χ1v) is 4.26. The number of aliphatic hydroxyl groups excluding tert-OH is 2. The van der Waals surface area contributed by atoms with Gasteiger partial charge in [-0.05, 0) is 19.3 Å². The number of unbranched alkanes of at least 4 members (excludes halogenated alkanes) is 2. The lowest BCUT2D eigenvalue weighted by Crippen LogP contribution is -2.19. The minimum absolute atomic E-state index is 0.0285. The normalized spacial score (nSPS) is 13.2. The molecule has 1 radical (unpaired) electrons. The van der Waals surface area contributed by atoms with E-state index in [1.165, 1.54) is 0 Å². The van der Waals surface area contributed by atoms with Crippen molar-refractivity contribution >= 4 is 0 Å². The van der Waals surface area contributed by atoms with E-state index in [0.29, 0.717) is 13.0 Å². The molecular formula is C8H17O4. The highest BCUT2D eigenvalue weighted by atomic mass is 16.5. The Balaban J connectivity index is 2.90. The Morgan fingerprint density at radius 1 is 1.25 bits per heavy atom. The molecule has 0 heterocycles. The third kappa shape index (κ3) is 7.94. The van der Waals surface area contributed by atoms with E-state index in [1.807, 2.05) is 0 Å². The van der Waals surface area contributed by atoms with Gasteiger partial charge in [0, 0.05) is 6.61 Å². The Morgan fingerprint density at radius 2 is 2.00 bits per heavy atom. The quantitative estimate of drug-likeness (QED) is 0.511. The molecule has 0 aromatic heterocycles. The van der Waals surface area contributed by atoms with E-state index < -0.39 is 6.10 Å². The van der Waals surface area contributed by atoms with Crippen LogP contribution in [0.5, 0.6) is 0 Å². The van der Waals surface area contributed by atoms with E-state index in [1.54, 1.807) is 0 Å². The molecule has 0 aliphatic rings. The molecule has 73 valence electrons. The Bertz CT molecular complexity index is 87.1. The van der Waals surface area contributed by atoms with Gasteiger partial charge < -0.3 is 14.9 Å². The van der Waals surface area contributed by atoms with E-state index in [9.17, 15) is 5.11 Å². The van der Waals surface area contributed by atoms with Gasteiger partial charge in [-0.15, -0.1) is 0 Å². The number of ether oxygens (including phenoxy) is 1. The minimum Gasteiger partial charge on any atom is -0.394 e. The zero-order valence-electron chi connectivity index (χ0n) is 7.24. The monoisotopic (exact) mass is 177 g/mol. The van der Waals surface area contributed by atoms with E-state index in [2.05, 4.69) is 0 Å². The average Bonchev–Trinajstić information content (AvgIpc) is 2.10. The maximum atomic E-state index is 10.0. The van der Waals surface area contributed by atoms with Crippen LogP contribution in [0.3, 0.4) is 0 Å². The summed E-state index contributed by atoms with van der Waals surface area (Å²) in [5.74, 6) is 0. The zero-order chi connectivity index (χ0) is 9.23. The Morgan fingerprint density at radius 3 is 2.58 bits per heavy atom. The van der Waals surface area contributed by atoms with Gasteiger partial charge in [0.05, 0.1) is 19.8 Å². The summed E-state index contributed by atoms with van der Waals surface area (Å²) < 4.78 is 5.02. The fourth-order valence-corrected chi connectivity index (χ4v) is 0.755. The van der Waals surface area contributed by atoms with Crippen molar-refractivity contribution in [3.63, 3.8) is 0 Å². The Hall–Kier alpha value is -0.160. The third-order valence-electron chi connectivity index (χ3n) is 1.45. The van der Waals surface area contributed by atoms with Gasteiger partial charge in [-0.1, -0.05) is 0 Å². The van der Waals surface area contributed by atoms with Crippen molar-refractivity contribution in [2.24, 2.45) is 0 Å². The first-order chi connectivity index (χ1) is 5.81. The number of rotatable bonds is 8. The molecule has 1 unspecified atom stereocenters. The fourth-order valence-electron chi connectivity index (χ4n) is 0.755. The molecule has 0 aromatic carbocycles. The highest BCUT2D eigenvalue weighted by molar-refractivity contribution is 4.48. The van der Waals surface area contributed by atoms with Gasteiger partial charge in [-0.25, -0.2) is 5.11 Å².